The van der Waals surface area contributed by atoms with Crippen LogP contribution in [0, 0.1) is 0 Å². The molecule has 0 spiro atoms. The van der Waals surface area contributed by atoms with Crippen LogP contribution in [0.2, 0.25) is 0 Å². The lowest BCUT2D eigenvalue weighted by atomic mass is 10.2. The van der Waals surface area contributed by atoms with Crippen molar-refractivity contribution in [2.24, 2.45) is 0 Å². The van der Waals surface area contributed by atoms with Crippen molar-refractivity contribution in [1.29, 1.82) is 0 Å². The molecular formula is C21H22N4O4. The molecule has 0 aliphatic rings. The lowest BCUT2D eigenvalue weighted by Crippen LogP contribution is -2.31. The van der Waals surface area contributed by atoms with E-state index < -0.39 is 11.2 Å². The Morgan fingerprint density at radius 2 is 1.86 bits per heavy atom. The molecule has 0 aliphatic heterocycles. The number of anilines is 1. The molecule has 150 valence electrons. The molecule has 0 fully saturated rings. The van der Waals surface area contributed by atoms with Gasteiger partial charge in [0.1, 0.15) is 0 Å². The Balaban J connectivity index is 1.70. The van der Waals surface area contributed by atoms with Crippen molar-refractivity contribution in [3.8, 4) is 0 Å². The van der Waals surface area contributed by atoms with Crippen LogP contribution in [0.1, 0.15) is 18.9 Å². The molecular weight excluding hydrogens is 372 g/mol. The number of nitrogens with one attached hydrogen (secondary N) is 2. The van der Waals surface area contributed by atoms with Gasteiger partial charge in [-0.25, -0.2) is 4.79 Å². The lowest BCUT2D eigenvalue weighted by molar-refractivity contribution is -0.128. The summed E-state index contributed by atoms with van der Waals surface area (Å²) in [6.07, 6.45) is 0.0630. The van der Waals surface area contributed by atoms with Crippen LogP contribution in [-0.2, 0) is 22.7 Å². The van der Waals surface area contributed by atoms with E-state index in [0.29, 0.717) is 23.1 Å². The fourth-order valence-corrected chi connectivity index (χ4v) is 3.03. The summed E-state index contributed by atoms with van der Waals surface area (Å²) < 4.78 is 1.38. The van der Waals surface area contributed by atoms with Crippen molar-refractivity contribution in [3.63, 3.8) is 0 Å². The Morgan fingerprint density at radius 1 is 1.10 bits per heavy atom. The molecule has 0 saturated carbocycles. The summed E-state index contributed by atoms with van der Waals surface area (Å²) in [5, 5.41) is 3.20. The van der Waals surface area contributed by atoms with E-state index >= 15 is 0 Å². The van der Waals surface area contributed by atoms with Crippen molar-refractivity contribution in [3.05, 3.63) is 74.9 Å². The topological polar surface area (TPSA) is 104 Å². The minimum Gasteiger partial charge on any atom is -0.342 e. The molecule has 0 radical (unpaired) electrons. The van der Waals surface area contributed by atoms with Gasteiger partial charge in [-0.3, -0.25) is 23.9 Å². The van der Waals surface area contributed by atoms with Crippen LogP contribution in [0.5, 0.6) is 0 Å². The first-order valence-electron chi connectivity index (χ1n) is 9.17. The van der Waals surface area contributed by atoms with Gasteiger partial charge in [0.05, 0.1) is 10.9 Å². The third-order valence-electron chi connectivity index (χ3n) is 4.64. The second-order valence-corrected chi connectivity index (χ2v) is 6.80. The molecule has 3 aromatic rings. The molecule has 0 bridgehead atoms. The summed E-state index contributed by atoms with van der Waals surface area (Å²) in [4.78, 5) is 51.7. The largest absolute Gasteiger partial charge is 0.342 e. The number of aromatic nitrogens is 2. The number of aromatic amines is 1. The summed E-state index contributed by atoms with van der Waals surface area (Å²) in [5.41, 5.74) is 1.00. The normalized spacial score (nSPS) is 10.7. The Bertz CT molecular complexity index is 1180. The number of carbonyl (C=O) groups is 2. The quantitative estimate of drug-likeness (QED) is 0.664. The molecule has 2 N–H and O–H groups in total. The molecule has 8 heteroatoms. The van der Waals surface area contributed by atoms with Crippen LogP contribution in [0.4, 0.5) is 5.69 Å². The molecule has 3 rings (SSSR count). The van der Waals surface area contributed by atoms with Crippen molar-refractivity contribution in [1.82, 2.24) is 14.5 Å². The average Bonchev–Trinajstić information content (AvgIpc) is 2.68. The van der Waals surface area contributed by atoms with Gasteiger partial charge in [0.2, 0.25) is 11.8 Å². The maximum atomic E-state index is 12.4. The van der Waals surface area contributed by atoms with Gasteiger partial charge in [-0.15, -0.1) is 0 Å². The van der Waals surface area contributed by atoms with E-state index in [1.165, 1.54) is 11.5 Å². The number of para-hydroxylation sites is 1. The predicted octanol–water partition coefficient (Wildman–Crippen LogP) is 1.70. The van der Waals surface area contributed by atoms with Crippen LogP contribution in [-0.4, -0.2) is 33.3 Å². The summed E-state index contributed by atoms with van der Waals surface area (Å²) in [5.74, 6) is -0.303. The molecule has 1 heterocycles. The number of aryl methyl sites for hydroxylation is 1. The van der Waals surface area contributed by atoms with Crippen LogP contribution in [0.25, 0.3) is 10.9 Å². The highest BCUT2D eigenvalue weighted by Gasteiger charge is 2.10. The van der Waals surface area contributed by atoms with Crippen molar-refractivity contribution >= 4 is 28.4 Å². The average molecular weight is 394 g/mol. The number of nitrogens with zero attached hydrogens (tertiary/aromatic N) is 2. The van der Waals surface area contributed by atoms with Gasteiger partial charge < -0.3 is 10.2 Å². The zero-order valence-corrected chi connectivity index (χ0v) is 16.3. The monoisotopic (exact) mass is 394 g/mol. The van der Waals surface area contributed by atoms with Crippen LogP contribution >= 0.6 is 0 Å². The highest BCUT2D eigenvalue weighted by molar-refractivity contribution is 5.90. The number of rotatable bonds is 6. The van der Waals surface area contributed by atoms with Crippen molar-refractivity contribution < 1.29 is 9.59 Å². The highest BCUT2D eigenvalue weighted by atomic mass is 16.2. The number of hydrogen-bond acceptors (Lipinski definition) is 4. The van der Waals surface area contributed by atoms with Gasteiger partial charge >= 0.3 is 5.69 Å². The Hall–Kier alpha value is -3.68. The SMILES string of the molecule is CC(=O)N(C)Cc1cccc(NC(=O)CCn2c(=O)[nH]c(=O)c3ccccc32)c1. The number of fused-ring (bicyclic) bond motifs is 1. The molecule has 0 aliphatic carbocycles. The Kier molecular flexibility index (Phi) is 5.92. The fourth-order valence-electron chi connectivity index (χ4n) is 3.03. The van der Waals surface area contributed by atoms with Gasteiger partial charge in [0.25, 0.3) is 5.56 Å². The molecule has 0 atom stereocenters. The molecule has 1 aromatic heterocycles. The smallest absolute Gasteiger partial charge is 0.328 e. The summed E-state index contributed by atoms with van der Waals surface area (Å²) in [6, 6.07) is 14.0. The maximum absolute atomic E-state index is 12.4. The van der Waals surface area contributed by atoms with Crippen LogP contribution < -0.4 is 16.6 Å². The molecule has 2 amide bonds. The van der Waals surface area contributed by atoms with Gasteiger partial charge in [-0.1, -0.05) is 24.3 Å². The van der Waals surface area contributed by atoms with E-state index in [0.717, 1.165) is 5.56 Å². The molecule has 29 heavy (non-hydrogen) atoms. The highest BCUT2D eigenvalue weighted by Crippen LogP contribution is 2.13. The Morgan fingerprint density at radius 3 is 2.62 bits per heavy atom. The van der Waals surface area contributed by atoms with E-state index in [1.807, 2.05) is 6.07 Å². The lowest BCUT2D eigenvalue weighted by Gasteiger charge is -2.15. The predicted molar refractivity (Wildman–Crippen MR) is 111 cm³/mol. The zero-order valence-electron chi connectivity index (χ0n) is 16.3. The van der Waals surface area contributed by atoms with E-state index in [2.05, 4.69) is 10.3 Å². The van der Waals surface area contributed by atoms with Gasteiger partial charge in [-0.2, -0.15) is 0 Å². The van der Waals surface area contributed by atoms with E-state index in [-0.39, 0.29) is 24.8 Å². The van der Waals surface area contributed by atoms with Crippen molar-refractivity contribution in [2.75, 3.05) is 12.4 Å². The van der Waals surface area contributed by atoms with Crippen LogP contribution in [0.15, 0.2) is 58.1 Å². The van der Waals surface area contributed by atoms with E-state index in [4.69, 9.17) is 0 Å². The van der Waals surface area contributed by atoms with Gasteiger partial charge in [0.15, 0.2) is 0 Å². The minimum atomic E-state index is -0.546. The first-order chi connectivity index (χ1) is 13.8. The molecule has 0 saturated heterocycles. The molecule has 0 unspecified atom stereocenters. The first-order valence-corrected chi connectivity index (χ1v) is 9.17. The van der Waals surface area contributed by atoms with Crippen LogP contribution in [0.3, 0.4) is 0 Å². The Labute approximate surface area is 166 Å². The summed E-state index contributed by atoms with van der Waals surface area (Å²) in [7, 11) is 1.71. The molecule has 2 aromatic carbocycles. The van der Waals surface area contributed by atoms with E-state index in [9.17, 15) is 19.2 Å². The minimum absolute atomic E-state index is 0.0435. The van der Waals surface area contributed by atoms with E-state index in [1.54, 1.807) is 54.4 Å². The maximum Gasteiger partial charge on any atom is 0.328 e. The number of benzene rings is 2. The second kappa shape index (κ2) is 8.55. The second-order valence-electron chi connectivity index (χ2n) is 6.80. The number of hydrogen-bond donors (Lipinski definition) is 2. The number of amides is 2. The summed E-state index contributed by atoms with van der Waals surface area (Å²) >= 11 is 0. The first kappa shape index (κ1) is 20.1. The number of H-pyrrole nitrogens is 1. The standard InChI is InChI=1S/C21H22N4O4/c1-14(26)24(2)13-15-6-5-7-16(12-15)22-19(27)10-11-25-18-9-4-3-8-17(18)20(28)23-21(25)29/h3-9,12H,10-11,13H2,1-2H3,(H,22,27)(H,23,28,29). The molecule has 8 nitrogen and oxygen atoms in total. The fraction of sp³-hybridized carbons (Fsp3) is 0.238. The van der Waals surface area contributed by atoms with Gasteiger partial charge in [-0.05, 0) is 29.8 Å². The van der Waals surface area contributed by atoms with Gasteiger partial charge in [0, 0.05) is 39.2 Å². The summed E-state index contributed by atoms with van der Waals surface area (Å²) in [6.45, 7) is 2.07. The van der Waals surface area contributed by atoms with Crippen molar-refractivity contribution in [2.45, 2.75) is 26.4 Å². The third kappa shape index (κ3) is 4.78. The third-order valence-corrected chi connectivity index (χ3v) is 4.64. The number of carbonyl (C=O) groups excluding carboxylic acids is 2. The zero-order chi connectivity index (χ0) is 21.0.